The zero-order valence-electron chi connectivity index (χ0n) is 10.5. The van der Waals surface area contributed by atoms with Gasteiger partial charge in [-0.05, 0) is 0 Å². The van der Waals surface area contributed by atoms with Crippen molar-refractivity contribution in [2.24, 2.45) is 0 Å². The van der Waals surface area contributed by atoms with Crippen LogP contribution in [0.3, 0.4) is 0 Å². The molecule has 0 heterocycles. The summed E-state index contributed by atoms with van der Waals surface area (Å²) in [4.78, 5) is 36.5. The minimum absolute atomic E-state index is 0. The van der Waals surface area contributed by atoms with Crippen molar-refractivity contribution in [3.8, 4) is 0 Å². The Labute approximate surface area is 132 Å². The zero-order valence-corrected chi connectivity index (χ0v) is 12.1. The number of aliphatic hydroxyl groups is 4. The molecule has 124 valence electrons. The quantitative estimate of drug-likeness (QED) is 0.228. The molecule has 0 amide bonds. The molecule has 0 radical (unpaired) electrons. The van der Waals surface area contributed by atoms with Crippen molar-refractivity contribution < 1.29 is 81.7 Å². The van der Waals surface area contributed by atoms with E-state index in [4.69, 9.17) is 60.0 Å². The van der Waals surface area contributed by atoms with Crippen molar-refractivity contribution in [1.82, 2.24) is 0 Å². The molecule has 0 fully saturated rings. The van der Waals surface area contributed by atoms with E-state index < -0.39 is 50.3 Å². The van der Waals surface area contributed by atoms with Gasteiger partial charge < -0.3 is 40.9 Å². The van der Waals surface area contributed by atoms with Crippen LogP contribution in [0.5, 0.6) is 0 Å². The van der Waals surface area contributed by atoms with Crippen molar-refractivity contribution >= 4 is 23.9 Å². The Balaban J connectivity index is -0.0000000533. The SMILES string of the molecule is O=C(O)CO.O=C(O)CO.O=C(O)CO.O=C(O)CO.[Ti]. The number of aliphatic hydroxyl groups excluding tert-OH is 4. The minimum Gasteiger partial charge on any atom is -0.480 e. The molecule has 0 saturated heterocycles. The van der Waals surface area contributed by atoms with E-state index in [-0.39, 0.29) is 21.7 Å². The van der Waals surface area contributed by atoms with E-state index in [2.05, 4.69) is 0 Å². The summed E-state index contributed by atoms with van der Waals surface area (Å²) in [7, 11) is 0. The van der Waals surface area contributed by atoms with E-state index in [0.717, 1.165) is 0 Å². The molecule has 0 aromatic carbocycles. The average Bonchev–Trinajstić information content (AvgIpc) is 2.40. The first-order chi connectivity index (χ1) is 9.08. The molecule has 13 heteroatoms. The van der Waals surface area contributed by atoms with Crippen LogP contribution in [0.2, 0.25) is 0 Å². The van der Waals surface area contributed by atoms with Gasteiger partial charge in [-0.1, -0.05) is 0 Å². The van der Waals surface area contributed by atoms with Crippen molar-refractivity contribution in [1.29, 1.82) is 0 Å². The number of carboxylic acid groups (broad SMARTS) is 4. The molecule has 0 aliphatic rings. The third-order valence-corrected chi connectivity index (χ3v) is 0.541. The molecule has 0 aliphatic heterocycles. The van der Waals surface area contributed by atoms with Gasteiger partial charge in [-0.2, -0.15) is 0 Å². The van der Waals surface area contributed by atoms with Crippen LogP contribution in [-0.4, -0.2) is 91.2 Å². The first kappa shape index (κ1) is 31.7. The van der Waals surface area contributed by atoms with Gasteiger partial charge in [0.1, 0.15) is 26.4 Å². The van der Waals surface area contributed by atoms with Gasteiger partial charge >= 0.3 is 23.9 Å². The number of carbonyl (C=O) groups is 4. The maximum absolute atomic E-state index is 9.12. The van der Waals surface area contributed by atoms with Gasteiger partial charge in [0.15, 0.2) is 0 Å². The van der Waals surface area contributed by atoms with Gasteiger partial charge in [-0.25, -0.2) is 19.2 Å². The second-order valence-electron chi connectivity index (χ2n) is 2.21. The van der Waals surface area contributed by atoms with Gasteiger partial charge in [-0.15, -0.1) is 0 Å². The Bertz CT molecular complexity index is 222. The maximum atomic E-state index is 9.12. The summed E-state index contributed by atoms with van der Waals surface area (Å²) in [5.41, 5.74) is 0. The number of rotatable bonds is 4. The molecule has 0 atom stereocenters. The Kier molecular flexibility index (Phi) is 40.6. The monoisotopic (exact) mass is 352 g/mol. The molecule has 0 saturated carbocycles. The summed E-state index contributed by atoms with van der Waals surface area (Å²) < 4.78 is 0. The van der Waals surface area contributed by atoms with Gasteiger partial charge in [0.2, 0.25) is 0 Å². The molecule has 8 N–H and O–H groups in total. The second kappa shape index (κ2) is 26.9. The molecular formula is C8H16O12Ti. The van der Waals surface area contributed by atoms with Gasteiger partial charge in [0.25, 0.3) is 0 Å². The van der Waals surface area contributed by atoms with Crippen LogP contribution in [0.15, 0.2) is 0 Å². The maximum Gasteiger partial charge on any atom is 0.329 e. The van der Waals surface area contributed by atoms with Crippen LogP contribution in [0, 0.1) is 0 Å². The summed E-state index contributed by atoms with van der Waals surface area (Å²) in [5, 5.41) is 60.1. The smallest absolute Gasteiger partial charge is 0.329 e. The van der Waals surface area contributed by atoms with E-state index in [1.54, 1.807) is 0 Å². The summed E-state index contributed by atoms with van der Waals surface area (Å²) >= 11 is 0. The van der Waals surface area contributed by atoms with Crippen LogP contribution in [0.4, 0.5) is 0 Å². The van der Waals surface area contributed by atoms with E-state index in [9.17, 15) is 0 Å². The molecule has 21 heavy (non-hydrogen) atoms. The van der Waals surface area contributed by atoms with Gasteiger partial charge in [0, 0.05) is 21.7 Å². The predicted molar refractivity (Wildman–Crippen MR) is 58.9 cm³/mol. The van der Waals surface area contributed by atoms with Gasteiger partial charge in [-0.3, -0.25) is 0 Å². The van der Waals surface area contributed by atoms with E-state index >= 15 is 0 Å². The van der Waals surface area contributed by atoms with Crippen LogP contribution in [0.25, 0.3) is 0 Å². The fourth-order valence-electron chi connectivity index (χ4n) is 0. The van der Waals surface area contributed by atoms with Crippen LogP contribution in [0.1, 0.15) is 0 Å². The third kappa shape index (κ3) is 120. The molecule has 0 spiro atoms. The predicted octanol–water partition coefficient (Wildman–Crippen LogP) is -3.75. The van der Waals surface area contributed by atoms with E-state index in [1.807, 2.05) is 0 Å². The first-order valence-corrected chi connectivity index (χ1v) is 4.39. The van der Waals surface area contributed by atoms with Crippen molar-refractivity contribution in [2.75, 3.05) is 26.4 Å². The third-order valence-electron chi connectivity index (χ3n) is 0.541. The molecule has 0 aromatic heterocycles. The normalized spacial score (nSPS) is 7.05. The number of aliphatic carboxylic acids is 4. The summed E-state index contributed by atoms with van der Waals surface area (Å²) in [6, 6.07) is 0. The van der Waals surface area contributed by atoms with Gasteiger partial charge in [0.05, 0.1) is 0 Å². The molecule has 0 aliphatic carbocycles. The fourth-order valence-corrected chi connectivity index (χ4v) is 0. The molecule has 0 unspecified atom stereocenters. The summed E-state index contributed by atoms with van der Waals surface area (Å²) in [6.45, 7) is -3.11. The van der Waals surface area contributed by atoms with Crippen LogP contribution >= 0.6 is 0 Å². The molecule has 12 nitrogen and oxygen atoms in total. The Hall–Kier alpha value is -1.57. The van der Waals surface area contributed by atoms with Crippen LogP contribution in [-0.2, 0) is 40.9 Å². The zero-order chi connectivity index (χ0) is 17.1. The standard InChI is InChI=1S/4C2H4O3.Ti/c4*3-1-2(4)5;/h4*3H,1H2,(H,4,5);. The Morgan fingerprint density at radius 1 is 0.476 bits per heavy atom. The van der Waals surface area contributed by atoms with Crippen molar-refractivity contribution in [2.45, 2.75) is 0 Å². The minimum atomic E-state index is -1.19. The van der Waals surface area contributed by atoms with Crippen molar-refractivity contribution in [3.63, 3.8) is 0 Å². The second-order valence-corrected chi connectivity index (χ2v) is 2.21. The Morgan fingerprint density at radius 3 is 0.524 bits per heavy atom. The van der Waals surface area contributed by atoms with Crippen LogP contribution < -0.4 is 0 Å². The summed E-state index contributed by atoms with van der Waals surface area (Å²) in [6.07, 6.45) is 0. The number of carboxylic acids is 4. The fraction of sp³-hybridized carbons (Fsp3) is 0.500. The number of hydrogen-bond donors (Lipinski definition) is 8. The molecular weight excluding hydrogens is 336 g/mol. The Morgan fingerprint density at radius 2 is 0.524 bits per heavy atom. The first-order valence-electron chi connectivity index (χ1n) is 4.39. The van der Waals surface area contributed by atoms with E-state index in [0.29, 0.717) is 0 Å². The summed E-state index contributed by atoms with van der Waals surface area (Å²) in [5.74, 6) is -4.76. The van der Waals surface area contributed by atoms with Crippen molar-refractivity contribution in [3.05, 3.63) is 0 Å². The number of hydrogen-bond acceptors (Lipinski definition) is 8. The topological polar surface area (TPSA) is 230 Å². The molecule has 0 rings (SSSR count). The largest absolute Gasteiger partial charge is 0.480 e. The molecule has 0 bridgehead atoms. The average molecular weight is 352 g/mol. The van der Waals surface area contributed by atoms with E-state index in [1.165, 1.54) is 0 Å². The molecule has 0 aromatic rings.